The molecule has 1 aliphatic rings. The molecule has 2 atom stereocenters. The number of aromatic amines is 1. The zero-order chi connectivity index (χ0) is 15.2. The average Bonchev–Trinajstić information content (AvgIpc) is 3.09. The van der Waals surface area contributed by atoms with E-state index in [1.165, 1.54) is 18.4 Å². The van der Waals surface area contributed by atoms with Crippen molar-refractivity contribution in [1.82, 2.24) is 15.1 Å². The van der Waals surface area contributed by atoms with Gasteiger partial charge in [-0.15, -0.1) is 0 Å². The Kier molecular flexibility index (Phi) is 5.08. The summed E-state index contributed by atoms with van der Waals surface area (Å²) in [5, 5.41) is 17.2. The largest absolute Gasteiger partial charge is 0.491 e. The minimum absolute atomic E-state index is 0.318. The summed E-state index contributed by atoms with van der Waals surface area (Å²) in [5.74, 6) is 0.798. The van der Waals surface area contributed by atoms with E-state index in [1.54, 1.807) is 0 Å². The highest BCUT2D eigenvalue weighted by Crippen LogP contribution is 2.30. The van der Waals surface area contributed by atoms with Crippen LogP contribution in [-0.2, 0) is 0 Å². The van der Waals surface area contributed by atoms with Gasteiger partial charge in [-0.25, -0.2) is 0 Å². The van der Waals surface area contributed by atoms with Gasteiger partial charge in [0.15, 0.2) is 0 Å². The molecule has 0 bridgehead atoms. The van der Waals surface area contributed by atoms with Gasteiger partial charge in [0, 0.05) is 24.3 Å². The van der Waals surface area contributed by atoms with Crippen LogP contribution in [0.1, 0.15) is 30.9 Å². The Hall–Kier alpha value is -1.85. The molecule has 0 aliphatic carbocycles. The quantitative estimate of drug-likeness (QED) is 0.860. The van der Waals surface area contributed by atoms with E-state index >= 15 is 0 Å². The number of para-hydroxylation sites is 1. The Balaban J connectivity index is 1.54. The summed E-state index contributed by atoms with van der Waals surface area (Å²) in [6.45, 7) is 1.96. The van der Waals surface area contributed by atoms with E-state index in [4.69, 9.17) is 4.74 Å². The SMILES string of the molecule is O[C@@H](COc1ccccc1)CN1CCCC[C@H]1c1cn[nH]c1. The number of hydrogen-bond donors (Lipinski definition) is 2. The fourth-order valence-corrected chi connectivity index (χ4v) is 3.06. The molecule has 0 spiro atoms. The monoisotopic (exact) mass is 301 g/mol. The highest BCUT2D eigenvalue weighted by Gasteiger charge is 2.26. The third kappa shape index (κ3) is 3.87. The number of hydrogen-bond acceptors (Lipinski definition) is 4. The van der Waals surface area contributed by atoms with Crippen LogP contribution in [0.4, 0.5) is 0 Å². The summed E-state index contributed by atoms with van der Waals surface area (Å²) in [7, 11) is 0. The Morgan fingerprint density at radius 2 is 2.18 bits per heavy atom. The Morgan fingerprint density at radius 3 is 2.95 bits per heavy atom. The summed E-state index contributed by atoms with van der Waals surface area (Å²) in [5.41, 5.74) is 1.20. The van der Waals surface area contributed by atoms with Crippen LogP contribution in [0.5, 0.6) is 5.75 Å². The van der Waals surface area contributed by atoms with Crippen LogP contribution in [-0.4, -0.2) is 46.0 Å². The van der Waals surface area contributed by atoms with E-state index in [9.17, 15) is 5.11 Å². The van der Waals surface area contributed by atoms with E-state index in [2.05, 4.69) is 15.1 Å². The van der Waals surface area contributed by atoms with Crippen molar-refractivity contribution in [2.24, 2.45) is 0 Å². The molecule has 0 amide bonds. The predicted octanol–water partition coefficient (Wildman–Crippen LogP) is 2.38. The molecule has 2 heterocycles. The molecule has 5 heteroatoms. The maximum absolute atomic E-state index is 10.3. The first kappa shape index (κ1) is 15.1. The summed E-state index contributed by atoms with van der Waals surface area (Å²) in [6.07, 6.45) is 6.87. The molecule has 1 fully saturated rings. The van der Waals surface area contributed by atoms with E-state index in [-0.39, 0.29) is 0 Å². The maximum Gasteiger partial charge on any atom is 0.119 e. The number of aliphatic hydroxyl groups is 1. The zero-order valence-corrected chi connectivity index (χ0v) is 12.7. The van der Waals surface area contributed by atoms with Gasteiger partial charge in [-0.2, -0.15) is 5.10 Å². The van der Waals surface area contributed by atoms with Crippen molar-refractivity contribution in [2.75, 3.05) is 19.7 Å². The van der Waals surface area contributed by atoms with Crippen molar-refractivity contribution in [2.45, 2.75) is 31.4 Å². The Labute approximate surface area is 130 Å². The van der Waals surface area contributed by atoms with Crippen molar-refractivity contribution < 1.29 is 9.84 Å². The predicted molar refractivity (Wildman–Crippen MR) is 84.7 cm³/mol. The number of rotatable bonds is 6. The molecule has 2 N–H and O–H groups in total. The van der Waals surface area contributed by atoms with Crippen LogP contribution in [0.25, 0.3) is 0 Å². The Morgan fingerprint density at radius 1 is 1.32 bits per heavy atom. The van der Waals surface area contributed by atoms with Crippen LogP contribution in [0.3, 0.4) is 0 Å². The standard InChI is InChI=1S/C17H23N3O2/c21-15(13-22-16-6-2-1-3-7-16)12-20-9-5-4-8-17(20)14-10-18-19-11-14/h1-3,6-7,10-11,15,17,21H,4-5,8-9,12-13H2,(H,18,19)/t15-,17+/m1/s1. The maximum atomic E-state index is 10.3. The molecule has 1 saturated heterocycles. The second-order valence-electron chi connectivity index (χ2n) is 5.82. The van der Waals surface area contributed by atoms with Crippen molar-refractivity contribution in [1.29, 1.82) is 0 Å². The number of nitrogens with one attached hydrogen (secondary N) is 1. The molecular weight excluding hydrogens is 278 g/mol. The molecule has 1 aromatic heterocycles. The molecular formula is C17H23N3O2. The number of likely N-dealkylation sites (tertiary alicyclic amines) is 1. The third-order valence-corrected chi connectivity index (χ3v) is 4.15. The molecule has 1 aromatic carbocycles. The van der Waals surface area contributed by atoms with Crippen LogP contribution in [0.15, 0.2) is 42.7 Å². The highest BCUT2D eigenvalue weighted by atomic mass is 16.5. The van der Waals surface area contributed by atoms with Crippen LogP contribution in [0.2, 0.25) is 0 Å². The molecule has 3 rings (SSSR count). The number of H-pyrrole nitrogens is 1. The highest BCUT2D eigenvalue weighted by molar-refractivity contribution is 5.20. The first-order valence-corrected chi connectivity index (χ1v) is 7.91. The lowest BCUT2D eigenvalue weighted by Gasteiger charge is -2.36. The van der Waals surface area contributed by atoms with Gasteiger partial charge >= 0.3 is 0 Å². The van der Waals surface area contributed by atoms with Crippen LogP contribution in [0, 0.1) is 0 Å². The summed E-state index contributed by atoms with van der Waals surface area (Å²) in [4.78, 5) is 2.34. The molecule has 5 nitrogen and oxygen atoms in total. The van der Waals surface area contributed by atoms with Gasteiger partial charge in [-0.3, -0.25) is 10.00 Å². The van der Waals surface area contributed by atoms with Crippen molar-refractivity contribution in [3.05, 3.63) is 48.3 Å². The minimum Gasteiger partial charge on any atom is -0.491 e. The number of β-amino-alcohol motifs (C(OH)–C–C–N with tert-alkyl or cyclic N) is 1. The average molecular weight is 301 g/mol. The van der Waals surface area contributed by atoms with Crippen molar-refractivity contribution in [3.63, 3.8) is 0 Å². The number of ether oxygens (including phenoxy) is 1. The molecule has 0 unspecified atom stereocenters. The van der Waals surface area contributed by atoms with Crippen molar-refractivity contribution in [3.8, 4) is 5.75 Å². The minimum atomic E-state index is -0.493. The van der Waals surface area contributed by atoms with E-state index in [0.717, 1.165) is 18.7 Å². The summed E-state index contributed by atoms with van der Waals surface area (Å²) < 4.78 is 5.64. The first-order chi connectivity index (χ1) is 10.8. The molecule has 118 valence electrons. The fraction of sp³-hybridized carbons (Fsp3) is 0.471. The molecule has 2 aromatic rings. The third-order valence-electron chi connectivity index (χ3n) is 4.15. The second kappa shape index (κ2) is 7.42. The topological polar surface area (TPSA) is 61.4 Å². The van der Waals surface area contributed by atoms with Gasteiger partial charge in [0.05, 0.1) is 6.20 Å². The number of nitrogens with zero attached hydrogens (tertiary/aromatic N) is 2. The zero-order valence-electron chi connectivity index (χ0n) is 12.7. The van der Waals surface area contributed by atoms with Gasteiger partial charge in [0.1, 0.15) is 18.5 Å². The molecule has 0 radical (unpaired) electrons. The van der Waals surface area contributed by atoms with Gasteiger partial charge in [0.25, 0.3) is 0 Å². The van der Waals surface area contributed by atoms with E-state index < -0.39 is 6.10 Å². The number of benzene rings is 1. The van der Waals surface area contributed by atoms with E-state index in [1.807, 2.05) is 42.7 Å². The number of piperidine rings is 1. The lowest BCUT2D eigenvalue weighted by atomic mass is 9.97. The van der Waals surface area contributed by atoms with E-state index in [0.29, 0.717) is 19.2 Å². The van der Waals surface area contributed by atoms with Crippen LogP contribution < -0.4 is 4.74 Å². The Bertz CT molecular complexity index is 544. The van der Waals surface area contributed by atoms with Crippen molar-refractivity contribution >= 4 is 0 Å². The molecule has 1 aliphatic heterocycles. The van der Waals surface area contributed by atoms with Gasteiger partial charge < -0.3 is 9.84 Å². The lowest BCUT2D eigenvalue weighted by Crippen LogP contribution is -2.40. The number of aromatic nitrogens is 2. The lowest BCUT2D eigenvalue weighted by molar-refractivity contribution is 0.0393. The normalized spacial score (nSPS) is 20.7. The summed E-state index contributed by atoms with van der Waals surface area (Å²) >= 11 is 0. The summed E-state index contributed by atoms with van der Waals surface area (Å²) in [6, 6.07) is 9.97. The van der Waals surface area contributed by atoms with Gasteiger partial charge in [0.2, 0.25) is 0 Å². The number of aliphatic hydroxyl groups excluding tert-OH is 1. The molecule has 22 heavy (non-hydrogen) atoms. The fourth-order valence-electron chi connectivity index (χ4n) is 3.06. The smallest absolute Gasteiger partial charge is 0.119 e. The van der Waals surface area contributed by atoms with Crippen LogP contribution >= 0.6 is 0 Å². The molecule has 0 saturated carbocycles. The first-order valence-electron chi connectivity index (χ1n) is 7.91. The van der Waals surface area contributed by atoms with Gasteiger partial charge in [-0.05, 0) is 31.5 Å². The second-order valence-corrected chi connectivity index (χ2v) is 5.82. The van der Waals surface area contributed by atoms with Gasteiger partial charge in [-0.1, -0.05) is 24.6 Å².